The van der Waals surface area contributed by atoms with Crippen LogP contribution in [0, 0.1) is 0 Å². The average molecular weight is 237 g/mol. The van der Waals surface area contributed by atoms with Crippen molar-refractivity contribution < 1.29 is 14.6 Å². The molecule has 0 saturated carbocycles. The summed E-state index contributed by atoms with van der Waals surface area (Å²) in [6, 6.07) is 1.61. The molecular formula is C11H15N3O3. The van der Waals surface area contributed by atoms with Crippen molar-refractivity contribution in [2.75, 3.05) is 11.9 Å². The third-order valence-corrected chi connectivity index (χ3v) is 2.69. The molecule has 1 aliphatic heterocycles. The zero-order valence-electron chi connectivity index (χ0n) is 9.59. The average Bonchev–Trinajstić information content (AvgIpc) is 2.29. The summed E-state index contributed by atoms with van der Waals surface area (Å²) in [6.07, 6.45) is 3.41. The van der Waals surface area contributed by atoms with Gasteiger partial charge in [-0.05, 0) is 25.8 Å². The third kappa shape index (κ3) is 3.13. The standard InChI is InChI=1S/C11H15N3O3/c1-7-6-8(3-5-17-7)13-11-12-4-2-9(14-11)10(15)16/h2,4,7-8H,3,5-6H2,1H3,(H,15,16)(H,12,13,14). The van der Waals surface area contributed by atoms with Gasteiger partial charge in [0.2, 0.25) is 5.95 Å². The van der Waals surface area contributed by atoms with Crippen LogP contribution >= 0.6 is 0 Å². The van der Waals surface area contributed by atoms with E-state index < -0.39 is 5.97 Å². The summed E-state index contributed by atoms with van der Waals surface area (Å²) in [6.45, 7) is 2.72. The predicted octanol–water partition coefficient (Wildman–Crippen LogP) is 1.15. The molecule has 0 amide bonds. The fraction of sp³-hybridized carbons (Fsp3) is 0.545. The van der Waals surface area contributed by atoms with Gasteiger partial charge in [-0.2, -0.15) is 0 Å². The number of carboxylic acids is 1. The molecule has 0 aliphatic carbocycles. The lowest BCUT2D eigenvalue weighted by Gasteiger charge is -2.27. The SMILES string of the molecule is CC1CC(Nc2nccc(C(=O)O)n2)CCO1. The van der Waals surface area contributed by atoms with Gasteiger partial charge in [-0.3, -0.25) is 0 Å². The molecule has 2 N–H and O–H groups in total. The number of rotatable bonds is 3. The van der Waals surface area contributed by atoms with Crippen LogP contribution < -0.4 is 5.32 Å². The smallest absolute Gasteiger partial charge is 0.354 e. The molecule has 1 aromatic rings. The van der Waals surface area contributed by atoms with Gasteiger partial charge < -0.3 is 15.2 Å². The zero-order chi connectivity index (χ0) is 12.3. The van der Waals surface area contributed by atoms with Gasteiger partial charge >= 0.3 is 5.97 Å². The van der Waals surface area contributed by atoms with Crippen LogP contribution in [-0.4, -0.2) is 39.8 Å². The maximum atomic E-state index is 10.8. The largest absolute Gasteiger partial charge is 0.477 e. The molecule has 0 radical (unpaired) electrons. The predicted molar refractivity (Wildman–Crippen MR) is 61.1 cm³/mol. The molecule has 2 atom stereocenters. The molecule has 6 nitrogen and oxygen atoms in total. The highest BCUT2D eigenvalue weighted by Crippen LogP contribution is 2.16. The normalized spacial score (nSPS) is 24.3. The van der Waals surface area contributed by atoms with Crippen molar-refractivity contribution in [3.05, 3.63) is 18.0 Å². The summed E-state index contributed by atoms with van der Waals surface area (Å²) >= 11 is 0. The number of aromatic nitrogens is 2. The Morgan fingerprint density at radius 3 is 3.18 bits per heavy atom. The van der Waals surface area contributed by atoms with Gasteiger partial charge in [0.15, 0.2) is 5.69 Å². The van der Waals surface area contributed by atoms with Crippen LogP contribution in [0.25, 0.3) is 0 Å². The van der Waals surface area contributed by atoms with Crippen LogP contribution in [0.5, 0.6) is 0 Å². The Hall–Kier alpha value is -1.69. The molecule has 1 fully saturated rings. The van der Waals surface area contributed by atoms with Gasteiger partial charge in [0, 0.05) is 18.8 Å². The lowest BCUT2D eigenvalue weighted by molar-refractivity contribution is 0.0231. The van der Waals surface area contributed by atoms with Crippen molar-refractivity contribution in [3.8, 4) is 0 Å². The molecule has 6 heteroatoms. The van der Waals surface area contributed by atoms with Crippen LogP contribution in [0.1, 0.15) is 30.3 Å². The minimum Gasteiger partial charge on any atom is -0.477 e. The Bertz CT molecular complexity index is 411. The first-order valence-corrected chi connectivity index (χ1v) is 5.59. The van der Waals surface area contributed by atoms with Crippen molar-refractivity contribution in [1.29, 1.82) is 0 Å². The molecule has 2 unspecified atom stereocenters. The summed E-state index contributed by atoms with van der Waals surface area (Å²) in [7, 11) is 0. The van der Waals surface area contributed by atoms with E-state index in [1.807, 2.05) is 6.92 Å². The highest BCUT2D eigenvalue weighted by Gasteiger charge is 2.20. The van der Waals surface area contributed by atoms with Gasteiger partial charge in [-0.1, -0.05) is 0 Å². The molecular weight excluding hydrogens is 222 g/mol. The van der Waals surface area contributed by atoms with Crippen molar-refractivity contribution in [2.45, 2.75) is 31.9 Å². The Balaban J connectivity index is 2.02. The number of hydrogen-bond acceptors (Lipinski definition) is 5. The van der Waals surface area contributed by atoms with Crippen molar-refractivity contribution in [1.82, 2.24) is 9.97 Å². The fourth-order valence-electron chi connectivity index (χ4n) is 1.86. The Morgan fingerprint density at radius 2 is 2.47 bits per heavy atom. The summed E-state index contributed by atoms with van der Waals surface area (Å²) in [4.78, 5) is 18.7. The second-order valence-electron chi connectivity index (χ2n) is 4.12. The summed E-state index contributed by atoms with van der Waals surface area (Å²) < 4.78 is 5.43. The molecule has 1 aromatic heterocycles. The lowest BCUT2D eigenvalue weighted by atomic mass is 10.0. The molecule has 0 aromatic carbocycles. The first-order chi connectivity index (χ1) is 8.15. The molecule has 1 aliphatic rings. The van der Waals surface area contributed by atoms with Gasteiger partial charge in [0.05, 0.1) is 6.10 Å². The fourth-order valence-corrected chi connectivity index (χ4v) is 1.86. The summed E-state index contributed by atoms with van der Waals surface area (Å²) in [5.74, 6) is -0.681. The quantitative estimate of drug-likeness (QED) is 0.820. The van der Waals surface area contributed by atoms with E-state index in [9.17, 15) is 4.79 Å². The van der Waals surface area contributed by atoms with Crippen molar-refractivity contribution in [2.24, 2.45) is 0 Å². The van der Waals surface area contributed by atoms with Crippen molar-refractivity contribution in [3.63, 3.8) is 0 Å². The highest BCUT2D eigenvalue weighted by atomic mass is 16.5. The molecule has 0 spiro atoms. The summed E-state index contributed by atoms with van der Waals surface area (Å²) in [5.41, 5.74) is 0.00241. The van der Waals surface area contributed by atoms with Crippen LogP contribution in [0.3, 0.4) is 0 Å². The van der Waals surface area contributed by atoms with E-state index in [1.54, 1.807) is 0 Å². The zero-order valence-corrected chi connectivity index (χ0v) is 9.59. The maximum Gasteiger partial charge on any atom is 0.354 e. The number of nitrogens with zero attached hydrogens (tertiary/aromatic N) is 2. The molecule has 17 heavy (non-hydrogen) atoms. The van der Waals surface area contributed by atoms with Crippen LogP contribution in [0.2, 0.25) is 0 Å². The number of anilines is 1. The van der Waals surface area contributed by atoms with Crippen LogP contribution in [-0.2, 0) is 4.74 Å². The molecule has 2 rings (SSSR count). The number of nitrogens with one attached hydrogen (secondary N) is 1. The number of carboxylic acid groups (broad SMARTS) is 1. The van der Waals surface area contributed by atoms with E-state index in [0.29, 0.717) is 12.6 Å². The maximum absolute atomic E-state index is 10.8. The van der Waals surface area contributed by atoms with Gasteiger partial charge in [0.1, 0.15) is 0 Å². The van der Waals surface area contributed by atoms with Crippen LogP contribution in [0.4, 0.5) is 5.95 Å². The second kappa shape index (κ2) is 5.09. The monoisotopic (exact) mass is 237 g/mol. The molecule has 92 valence electrons. The Morgan fingerprint density at radius 1 is 1.65 bits per heavy atom. The minimum atomic E-state index is -1.05. The highest BCUT2D eigenvalue weighted by molar-refractivity contribution is 5.85. The number of aromatic carboxylic acids is 1. The molecule has 0 bridgehead atoms. The van der Waals surface area contributed by atoms with E-state index in [2.05, 4.69) is 15.3 Å². The van der Waals surface area contributed by atoms with Gasteiger partial charge in [-0.25, -0.2) is 14.8 Å². The van der Waals surface area contributed by atoms with Crippen LogP contribution in [0.15, 0.2) is 12.3 Å². The molecule has 2 heterocycles. The summed E-state index contributed by atoms with van der Waals surface area (Å²) in [5, 5.41) is 12.0. The number of ether oxygens (including phenoxy) is 1. The lowest BCUT2D eigenvalue weighted by Crippen LogP contribution is -2.33. The second-order valence-corrected chi connectivity index (χ2v) is 4.12. The van der Waals surface area contributed by atoms with E-state index in [1.165, 1.54) is 12.3 Å². The first kappa shape index (κ1) is 11.8. The van der Waals surface area contributed by atoms with E-state index >= 15 is 0 Å². The topological polar surface area (TPSA) is 84.3 Å². The van der Waals surface area contributed by atoms with Gasteiger partial charge in [-0.15, -0.1) is 0 Å². The van der Waals surface area contributed by atoms with E-state index in [4.69, 9.17) is 9.84 Å². The number of hydrogen-bond donors (Lipinski definition) is 2. The Kier molecular flexibility index (Phi) is 3.53. The van der Waals surface area contributed by atoms with Gasteiger partial charge in [0.25, 0.3) is 0 Å². The molecule has 1 saturated heterocycles. The third-order valence-electron chi connectivity index (χ3n) is 2.69. The van der Waals surface area contributed by atoms with E-state index in [-0.39, 0.29) is 17.8 Å². The van der Waals surface area contributed by atoms with Crippen molar-refractivity contribution >= 4 is 11.9 Å². The minimum absolute atomic E-state index is 0.00241. The Labute approximate surface area is 99.0 Å². The first-order valence-electron chi connectivity index (χ1n) is 5.59. The number of carbonyl (C=O) groups is 1. The van der Waals surface area contributed by atoms with E-state index in [0.717, 1.165) is 12.8 Å².